The van der Waals surface area contributed by atoms with Crippen LogP contribution >= 0.6 is 0 Å². The molecule has 108 valence electrons. The van der Waals surface area contributed by atoms with Crippen LogP contribution in [0.25, 0.3) is 0 Å². The number of aryl methyl sites for hydroxylation is 1. The number of nitrogens with two attached hydrogens (primary N) is 1. The second kappa shape index (κ2) is 7.04. The molecule has 0 aliphatic carbocycles. The maximum Gasteiger partial charge on any atom is 0.372 e. The summed E-state index contributed by atoms with van der Waals surface area (Å²) in [4.78, 5) is 19.1. The standard InChI is InChI=1S/C15H15N3O3/c1-11-5-2-3-7-13(11)20-10-14(19)21-18-15(16)12-6-4-8-17-9-12/h2-9H,10H2,1H3,(H2,16,18)/p+1. The van der Waals surface area contributed by atoms with Crippen molar-refractivity contribution in [3.8, 4) is 5.75 Å². The van der Waals surface area contributed by atoms with Crippen molar-refractivity contribution in [2.75, 3.05) is 6.61 Å². The van der Waals surface area contributed by atoms with Crippen molar-refractivity contribution in [1.82, 2.24) is 0 Å². The lowest BCUT2D eigenvalue weighted by molar-refractivity contribution is -0.378. The van der Waals surface area contributed by atoms with Crippen molar-refractivity contribution in [3.63, 3.8) is 0 Å². The number of aromatic amines is 1. The predicted molar refractivity (Wildman–Crippen MR) is 76.5 cm³/mol. The summed E-state index contributed by atoms with van der Waals surface area (Å²) >= 11 is 0. The molecule has 0 saturated carbocycles. The number of carbonyl (C=O) groups is 1. The Morgan fingerprint density at radius 1 is 1.29 bits per heavy atom. The Kier molecular flexibility index (Phi) is 4.87. The van der Waals surface area contributed by atoms with Gasteiger partial charge in [-0.25, -0.2) is 9.78 Å². The molecular weight excluding hydrogens is 270 g/mol. The first-order valence-corrected chi connectivity index (χ1v) is 6.35. The molecule has 6 nitrogen and oxygen atoms in total. The van der Waals surface area contributed by atoms with Gasteiger partial charge in [-0.05, 0) is 24.6 Å². The quantitative estimate of drug-likeness (QED) is 0.385. The summed E-state index contributed by atoms with van der Waals surface area (Å²) in [5.41, 5.74) is 7.25. The van der Waals surface area contributed by atoms with E-state index in [1.54, 1.807) is 30.6 Å². The first kappa shape index (κ1) is 14.5. The van der Waals surface area contributed by atoms with Crippen molar-refractivity contribution < 1.29 is 19.4 Å². The third kappa shape index (κ3) is 4.31. The second-order valence-electron chi connectivity index (χ2n) is 4.29. The summed E-state index contributed by atoms with van der Waals surface area (Å²) in [5.74, 6) is 0.112. The summed E-state index contributed by atoms with van der Waals surface area (Å²) in [7, 11) is 0. The molecule has 6 heteroatoms. The average molecular weight is 286 g/mol. The number of nitrogens with one attached hydrogen (secondary N) is 1. The number of amidine groups is 1. The molecule has 1 aromatic heterocycles. The van der Waals surface area contributed by atoms with Gasteiger partial charge in [-0.2, -0.15) is 0 Å². The van der Waals surface area contributed by atoms with Crippen LogP contribution in [0, 0.1) is 6.92 Å². The van der Waals surface area contributed by atoms with Crippen LogP contribution in [0.2, 0.25) is 0 Å². The van der Waals surface area contributed by atoms with Gasteiger partial charge in [0.25, 0.3) is 0 Å². The minimum atomic E-state index is -0.624. The lowest BCUT2D eigenvalue weighted by Gasteiger charge is -2.06. The summed E-state index contributed by atoms with van der Waals surface area (Å²) in [6.45, 7) is 1.66. The van der Waals surface area contributed by atoms with E-state index >= 15 is 0 Å². The van der Waals surface area contributed by atoms with E-state index in [9.17, 15) is 4.79 Å². The molecule has 3 N–H and O–H groups in total. The summed E-state index contributed by atoms with van der Waals surface area (Å²) in [6.07, 6.45) is 3.38. The average Bonchev–Trinajstić information content (AvgIpc) is 2.52. The van der Waals surface area contributed by atoms with Gasteiger partial charge in [-0.1, -0.05) is 23.4 Å². The lowest BCUT2D eigenvalue weighted by atomic mass is 10.2. The number of pyridine rings is 1. The topological polar surface area (TPSA) is 88.0 Å². The molecule has 0 aliphatic rings. The van der Waals surface area contributed by atoms with Gasteiger partial charge in [0.15, 0.2) is 24.8 Å². The third-order valence-electron chi connectivity index (χ3n) is 2.69. The number of oxime groups is 1. The van der Waals surface area contributed by atoms with Gasteiger partial charge in [-0.3, -0.25) is 0 Å². The minimum absolute atomic E-state index is 0.107. The normalized spacial score (nSPS) is 11.0. The smallest absolute Gasteiger partial charge is 0.372 e. The van der Waals surface area contributed by atoms with Crippen molar-refractivity contribution >= 4 is 11.8 Å². The summed E-state index contributed by atoms with van der Waals surface area (Å²) < 4.78 is 5.35. The molecule has 0 spiro atoms. The first-order chi connectivity index (χ1) is 10.2. The monoisotopic (exact) mass is 286 g/mol. The van der Waals surface area contributed by atoms with E-state index in [4.69, 9.17) is 15.3 Å². The highest BCUT2D eigenvalue weighted by Crippen LogP contribution is 2.15. The van der Waals surface area contributed by atoms with Gasteiger partial charge in [0.05, 0.1) is 5.56 Å². The maximum atomic E-state index is 11.5. The molecular formula is C15H16N3O3+. The SMILES string of the molecule is Cc1ccccc1OCC(=O)ON=C(N)c1ccc[nH+]c1. The van der Waals surface area contributed by atoms with E-state index in [-0.39, 0.29) is 12.4 Å². The van der Waals surface area contributed by atoms with Gasteiger partial charge in [0.1, 0.15) is 5.75 Å². The van der Waals surface area contributed by atoms with Gasteiger partial charge < -0.3 is 15.3 Å². The largest absolute Gasteiger partial charge is 0.482 e. The Morgan fingerprint density at radius 3 is 2.81 bits per heavy atom. The minimum Gasteiger partial charge on any atom is -0.482 e. The number of ether oxygens (including phenoxy) is 1. The van der Waals surface area contributed by atoms with Crippen LogP contribution in [-0.2, 0) is 9.63 Å². The number of benzene rings is 1. The van der Waals surface area contributed by atoms with Gasteiger partial charge in [0, 0.05) is 6.07 Å². The fourth-order valence-electron chi connectivity index (χ4n) is 1.59. The van der Waals surface area contributed by atoms with E-state index in [0.29, 0.717) is 11.3 Å². The van der Waals surface area contributed by atoms with Crippen LogP contribution in [0.1, 0.15) is 11.1 Å². The van der Waals surface area contributed by atoms with E-state index in [2.05, 4.69) is 10.1 Å². The number of hydrogen-bond donors (Lipinski definition) is 1. The van der Waals surface area contributed by atoms with E-state index < -0.39 is 5.97 Å². The maximum absolute atomic E-state index is 11.5. The molecule has 0 amide bonds. The molecule has 1 aromatic carbocycles. The number of para-hydroxylation sites is 1. The molecule has 0 bridgehead atoms. The van der Waals surface area contributed by atoms with Crippen LogP contribution < -0.4 is 15.5 Å². The zero-order valence-corrected chi connectivity index (χ0v) is 11.6. The Balaban J connectivity index is 1.87. The fraction of sp³-hybridized carbons (Fsp3) is 0.133. The van der Waals surface area contributed by atoms with Crippen molar-refractivity contribution in [3.05, 3.63) is 59.9 Å². The highest BCUT2D eigenvalue weighted by molar-refractivity contribution is 5.96. The number of nitrogens with zero attached hydrogens (tertiary/aromatic N) is 1. The Labute approximate surface area is 122 Å². The van der Waals surface area contributed by atoms with Crippen molar-refractivity contribution in [2.24, 2.45) is 10.9 Å². The molecule has 0 radical (unpaired) electrons. The zero-order valence-electron chi connectivity index (χ0n) is 11.6. The molecule has 1 heterocycles. The molecule has 2 aromatic rings. The van der Waals surface area contributed by atoms with Gasteiger partial charge in [-0.15, -0.1) is 0 Å². The van der Waals surface area contributed by atoms with Gasteiger partial charge in [0.2, 0.25) is 0 Å². The van der Waals surface area contributed by atoms with Crippen LogP contribution in [0.3, 0.4) is 0 Å². The fourth-order valence-corrected chi connectivity index (χ4v) is 1.59. The van der Waals surface area contributed by atoms with E-state index in [1.165, 1.54) is 0 Å². The molecule has 2 rings (SSSR count). The molecule has 0 unspecified atom stereocenters. The van der Waals surface area contributed by atoms with Crippen molar-refractivity contribution in [2.45, 2.75) is 6.92 Å². The Bertz CT molecular complexity index is 642. The van der Waals surface area contributed by atoms with Crippen LogP contribution in [-0.4, -0.2) is 18.4 Å². The molecule has 0 fully saturated rings. The lowest BCUT2D eigenvalue weighted by Crippen LogP contribution is -2.19. The van der Waals surface area contributed by atoms with Crippen LogP contribution in [0.5, 0.6) is 5.75 Å². The van der Waals surface area contributed by atoms with Gasteiger partial charge >= 0.3 is 5.97 Å². The second-order valence-corrected chi connectivity index (χ2v) is 4.29. The van der Waals surface area contributed by atoms with Crippen LogP contribution in [0.15, 0.2) is 53.9 Å². The summed E-state index contributed by atoms with van der Waals surface area (Å²) in [6, 6.07) is 10.9. The number of aromatic nitrogens is 1. The van der Waals surface area contributed by atoms with Crippen LogP contribution in [0.4, 0.5) is 0 Å². The van der Waals surface area contributed by atoms with E-state index in [0.717, 1.165) is 5.56 Å². The molecule has 0 saturated heterocycles. The number of carbonyl (C=O) groups excluding carboxylic acids is 1. The zero-order chi connectivity index (χ0) is 15.1. The Hall–Kier alpha value is -2.89. The summed E-state index contributed by atoms with van der Waals surface area (Å²) in [5, 5.41) is 3.57. The molecule has 0 aliphatic heterocycles. The highest BCUT2D eigenvalue weighted by Gasteiger charge is 2.07. The predicted octanol–water partition coefficient (Wildman–Crippen LogP) is 1.05. The third-order valence-corrected chi connectivity index (χ3v) is 2.69. The number of hydrogen-bond acceptors (Lipinski definition) is 4. The number of H-pyrrole nitrogens is 1. The Morgan fingerprint density at radius 2 is 2.10 bits per heavy atom. The number of rotatable bonds is 5. The molecule has 21 heavy (non-hydrogen) atoms. The van der Waals surface area contributed by atoms with E-state index in [1.807, 2.05) is 25.1 Å². The molecule has 0 atom stereocenters. The first-order valence-electron chi connectivity index (χ1n) is 6.35. The highest BCUT2D eigenvalue weighted by atomic mass is 16.7. The van der Waals surface area contributed by atoms with Crippen molar-refractivity contribution in [1.29, 1.82) is 0 Å².